The van der Waals surface area contributed by atoms with E-state index in [-0.39, 0.29) is 12.2 Å². The van der Waals surface area contributed by atoms with E-state index in [0.717, 1.165) is 5.69 Å². The third kappa shape index (κ3) is 2.44. The van der Waals surface area contributed by atoms with Crippen LogP contribution in [0.5, 0.6) is 5.75 Å². The topological polar surface area (TPSA) is 92.9 Å². The smallest absolute Gasteiger partial charge is 0.346 e. The number of non-ortho nitro benzene ring substituents is 1. The van der Waals surface area contributed by atoms with Crippen molar-refractivity contribution in [2.45, 2.75) is 6.10 Å². The van der Waals surface area contributed by atoms with Gasteiger partial charge in [0.15, 0.2) is 0 Å². The number of carboxylic acids is 1. The first kappa shape index (κ1) is 13.9. The normalized spacial score (nSPS) is 16.5. The molecule has 2 aromatic rings. The number of nitro benzene ring substituents is 1. The Morgan fingerprint density at radius 2 is 1.91 bits per heavy atom. The summed E-state index contributed by atoms with van der Waals surface area (Å²) in [5.41, 5.74) is 1.39. The highest BCUT2D eigenvalue weighted by Gasteiger charge is 2.31. The Morgan fingerprint density at radius 3 is 2.55 bits per heavy atom. The fourth-order valence-corrected chi connectivity index (χ4v) is 2.36. The number of anilines is 2. The molecule has 0 radical (unpaired) electrons. The van der Waals surface area contributed by atoms with E-state index in [0.29, 0.717) is 11.4 Å². The van der Waals surface area contributed by atoms with Crippen molar-refractivity contribution in [1.29, 1.82) is 0 Å². The van der Waals surface area contributed by atoms with Gasteiger partial charge in [-0.25, -0.2) is 4.79 Å². The van der Waals surface area contributed by atoms with E-state index >= 15 is 0 Å². The van der Waals surface area contributed by atoms with Crippen molar-refractivity contribution in [3.8, 4) is 5.75 Å². The molecule has 1 aliphatic rings. The lowest BCUT2D eigenvalue weighted by atomic mass is 10.1. The zero-order valence-corrected chi connectivity index (χ0v) is 11.4. The lowest BCUT2D eigenvalue weighted by molar-refractivity contribution is -0.384. The molecular weight excluding hydrogens is 288 g/mol. The maximum Gasteiger partial charge on any atom is 0.346 e. The van der Waals surface area contributed by atoms with E-state index in [4.69, 9.17) is 4.74 Å². The lowest BCUT2D eigenvalue weighted by Gasteiger charge is -2.34. The molecule has 7 nitrogen and oxygen atoms in total. The maximum atomic E-state index is 11.2. The quantitative estimate of drug-likeness (QED) is 0.691. The SMILES string of the molecule is O=C(O)C1CN(c2ccc([N+](=O)[O-])cc2)c2ccccc2O1. The highest BCUT2D eigenvalue weighted by Crippen LogP contribution is 2.38. The summed E-state index contributed by atoms with van der Waals surface area (Å²) >= 11 is 0. The number of carbonyl (C=O) groups is 1. The van der Waals surface area contributed by atoms with Crippen molar-refractivity contribution < 1.29 is 19.6 Å². The van der Waals surface area contributed by atoms with Crippen molar-refractivity contribution in [3.63, 3.8) is 0 Å². The van der Waals surface area contributed by atoms with Crippen molar-refractivity contribution >= 4 is 23.0 Å². The van der Waals surface area contributed by atoms with Gasteiger partial charge in [0.05, 0.1) is 17.2 Å². The highest BCUT2D eigenvalue weighted by atomic mass is 16.6. The predicted octanol–water partition coefficient (Wildman–Crippen LogP) is 2.58. The van der Waals surface area contributed by atoms with Gasteiger partial charge >= 0.3 is 5.97 Å². The highest BCUT2D eigenvalue weighted by molar-refractivity contribution is 5.79. The predicted molar refractivity (Wildman–Crippen MR) is 78.6 cm³/mol. The number of hydrogen-bond donors (Lipinski definition) is 1. The monoisotopic (exact) mass is 300 g/mol. The van der Waals surface area contributed by atoms with Crippen LogP contribution in [-0.2, 0) is 4.79 Å². The number of para-hydroxylation sites is 2. The number of nitro groups is 1. The average Bonchev–Trinajstić information content (AvgIpc) is 2.53. The second kappa shape index (κ2) is 5.36. The first-order chi connectivity index (χ1) is 10.6. The minimum atomic E-state index is -1.05. The largest absolute Gasteiger partial charge is 0.478 e. The summed E-state index contributed by atoms with van der Waals surface area (Å²) in [6.45, 7) is 0.129. The molecule has 7 heteroatoms. The number of fused-ring (bicyclic) bond motifs is 1. The molecule has 22 heavy (non-hydrogen) atoms. The van der Waals surface area contributed by atoms with E-state index in [1.165, 1.54) is 12.1 Å². The molecule has 2 aromatic carbocycles. The molecule has 0 saturated carbocycles. The van der Waals surface area contributed by atoms with Gasteiger partial charge in [-0.2, -0.15) is 0 Å². The van der Waals surface area contributed by atoms with Gasteiger partial charge in [-0.3, -0.25) is 10.1 Å². The molecule has 1 unspecified atom stereocenters. The van der Waals surface area contributed by atoms with Gasteiger partial charge < -0.3 is 14.7 Å². The molecule has 0 spiro atoms. The standard InChI is InChI=1S/C15H12N2O5/c18-15(19)14-9-16(12-3-1-2-4-13(12)22-14)10-5-7-11(8-6-10)17(20)21/h1-8,14H,9H2,(H,18,19). The lowest BCUT2D eigenvalue weighted by Crippen LogP contribution is -2.42. The molecule has 0 amide bonds. The molecule has 1 heterocycles. The molecule has 0 saturated heterocycles. The summed E-state index contributed by atoms with van der Waals surface area (Å²) in [7, 11) is 0. The summed E-state index contributed by atoms with van der Waals surface area (Å²) < 4.78 is 5.46. The Bertz CT molecular complexity index is 729. The summed E-state index contributed by atoms with van der Waals surface area (Å²) in [5.74, 6) is -0.582. The number of ether oxygens (including phenoxy) is 1. The molecule has 1 N–H and O–H groups in total. The summed E-state index contributed by atoms with van der Waals surface area (Å²) in [4.78, 5) is 23.3. The van der Waals surface area contributed by atoms with E-state index in [2.05, 4.69) is 0 Å². The number of aliphatic carboxylic acids is 1. The van der Waals surface area contributed by atoms with E-state index in [1.54, 1.807) is 29.2 Å². The second-order valence-corrected chi connectivity index (χ2v) is 4.80. The van der Waals surface area contributed by atoms with Crippen molar-refractivity contribution in [1.82, 2.24) is 0 Å². The van der Waals surface area contributed by atoms with Crippen LogP contribution in [0.4, 0.5) is 17.1 Å². The number of benzene rings is 2. The minimum absolute atomic E-state index is 0.0138. The molecule has 0 fully saturated rings. The van der Waals surface area contributed by atoms with E-state index < -0.39 is 17.0 Å². The van der Waals surface area contributed by atoms with E-state index in [9.17, 15) is 20.0 Å². The Kier molecular flexibility index (Phi) is 3.38. The van der Waals surface area contributed by atoms with E-state index in [1.807, 2.05) is 12.1 Å². The van der Waals surface area contributed by atoms with Gasteiger partial charge in [-0.1, -0.05) is 12.1 Å². The third-order valence-electron chi connectivity index (χ3n) is 3.42. The second-order valence-electron chi connectivity index (χ2n) is 4.80. The maximum absolute atomic E-state index is 11.2. The van der Waals surface area contributed by atoms with Gasteiger partial charge in [-0.15, -0.1) is 0 Å². The third-order valence-corrected chi connectivity index (χ3v) is 3.42. The van der Waals surface area contributed by atoms with Gasteiger partial charge in [0.25, 0.3) is 5.69 Å². The fraction of sp³-hybridized carbons (Fsp3) is 0.133. The molecule has 0 bridgehead atoms. The Balaban J connectivity index is 2.01. The van der Waals surface area contributed by atoms with Crippen LogP contribution in [0.25, 0.3) is 0 Å². The van der Waals surface area contributed by atoms with Crippen molar-refractivity contribution in [3.05, 3.63) is 58.6 Å². The zero-order chi connectivity index (χ0) is 15.7. The molecule has 3 rings (SSSR count). The average molecular weight is 300 g/mol. The van der Waals surface area contributed by atoms with Crippen LogP contribution >= 0.6 is 0 Å². The summed E-state index contributed by atoms with van der Waals surface area (Å²) in [6, 6.07) is 13.1. The summed E-state index contributed by atoms with van der Waals surface area (Å²) in [6.07, 6.45) is -0.995. The molecule has 0 aromatic heterocycles. The van der Waals surface area contributed by atoms with Crippen LogP contribution in [-0.4, -0.2) is 28.6 Å². The van der Waals surface area contributed by atoms with Crippen LogP contribution in [0.2, 0.25) is 0 Å². The van der Waals surface area contributed by atoms with Crippen molar-refractivity contribution in [2.75, 3.05) is 11.4 Å². The minimum Gasteiger partial charge on any atom is -0.478 e. The summed E-state index contributed by atoms with van der Waals surface area (Å²) in [5, 5.41) is 19.9. The molecular formula is C15H12N2O5. The van der Waals surface area contributed by atoms with Crippen molar-refractivity contribution in [2.24, 2.45) is 0 Å². The first-order valence-electron chi connectivity index (χ1n) is 6.57. The Hall–Kier alpha value is -3.09. The Labute approximate surface area is 125 Å². The van der Waals surface area contributed by atoms with Gasteiger partial charge in [0.2, 0.25) is 6.10 Å². The molecule has 112 valence electrons. The van der Waals surface area contributed by atoms with Crippen LogP contribution in [0.1, 0.15) is 0 Å². The number of nitrogens with zero attached hydrogens (tertiary/aromatic N) is 2. The van der Waals surface area contributed by atoms with Gasteiger partial charge in [0, 0.05) is 17.8 Å². The number of carboxylic acid groups (broad SMARTS) is 1. The van der Waals surface area contributed by atoms with Crippen LogP contribution in [0.3, 0.4) is 0 Å². The van der Waals surface area contributed by atoms with Gasteiger partial charge in [-0.05, 0) is 24.3 Å². The van der Waals surface area contributed by atoms with Crippen LogP contribution < -0.4 is 9.64 Å². The number of hydrogen-bond acceptors (Lipinski definition) is 5. The van der Waals surface area contributed by atoms with Crippen LogP contribution in [0, 0.1) is 10.1 Å². The fourth-order valence-electron chi connectivity index (χ4n) is 2.36. The molecule has 1 aliphatic heterocycles. The Morgan fingerprint density at radius 1 is 1.23 bits per heavy atom. The molecule has 1 atom stereocenters. The number of rotatable bonds is 3. The van der Waals surface area contributed by atoms with Crippen LogP contribution in [0.15, 0.2) is 48.5 Å². The van der Waals surface area contributed by atoms with Gasteiger partial charge in [0.1, 0.15) is 5.75 Å². The zero-order valence-electron chi connectivity index (χ0n) is 11.4. The molecule has 0 aliphatic carbocycles. The first-order valence-corrected chi connectivity index (χ1v) is 6.57.